The minimum atomic E-state index is -4.68. The number of aromatic nitrogens is 1. The number of aromatic amines is 1. The maximum Gasteiger partial charge on any atom is 0.418 e. The highest BCUT2D eigenvalue weighted by Crippen LogP contribution is 2.40. The van der Waals surface area contributed by atoms with Gasteiger partial charge in [-0.1, -0.05) is 77.8 Å². The summed E-state index contributed by atoms with van der Waals surface area (Å²) in [6.07, 6.45) is -3.72. The van der Waals surface area contributed by atoms with Crippen LogP contribution in [0.1, 0.15) is 86.6 Å². The van der Waals surface area contributed by atoms with E-state index >= 15 is 0 Å². The molecule has 0 aliphatic heterocycles. The maximum absolute atomic E-state index is 14.4. The first-order valence-electron chi connectivity index (χ1n) is 19.0. The van der Waals surface area contributed by atoms with Crippen LogP contribution in [-0.2, 0) is 44.6 Å². The summed E-state index contributed by atoms with van der Waals surface area (Å²) in [5.74, 6) is -5.28. The number of halogens is 4. The average molecular weight is 812 g/mol. The molecule has 0 saturated carbocycles. The van der Waals surface area contributed by atoms with Crippen molar-refractivity contribution in [2.45, 2.75) is 90.9 Å². The summed E-state index contributed by atoms with van der Waals surface area (Å²) in [5, 5.41) is 29.8. The van der Waals surface area contributed by atoms with Crippen LogP contribution in [0, 0.1) is 17.7 Å². The summed E-state index contributed by atoms with van der Waals surface area (Å²) in [5.41, 5.74) is -2.47. The largest absolute Gasteiger partial charge is 0.507 e. The third-order valence-corrected chi connectivity index (χ3v) is 10.3. The molecule has 7 N–H and O–H groups in total. The molecule has 0 saturated heterocycles. The number of aromatic hydroxyl groups is 1. The molecule has 3 atom stereocenters. The van der Waals surface area contributed by atoms with Crippen LogP contribution in [0.25, 0.3) is 10.9 Å². The van der Waals surface area contributed by atoms with Crippen LogP contribution >= 0.6 is 0 Å². The van der Waals surface area contributed by atoms with E-state index < -0.39 is 82.5 Å². The molecule has 12 nitrogen and oxygen atoms in total. The van der Waals surface area contributed by atoms with E-state index in [9.17, 15) is 51.7 Å². The van der Waals surface area contributed by atoms with Gasteiger partial charge in [0.05, 0.1) is 24.0 Å². The summed E-state index contributed by atoms with van der Waals surface area (Å²) >= 11 is 0. The second-order valence-electron chi connectivity index (χ2n) is 14.8. The molecule has 0 radical (unpaired) electrons. The molecule has 4 aromatic rings. The number of benzene rings is 3. The van der Waals surface area contributed by atoms with Crippen molar-refractivity contribution < 1.29 is 51.7 Å². The molecule has 1 aliphatic rings. The molecule has 1 unspecified atom stereocenters. The topological polar surface area (TPSA) is 190 Å². The Kier molecular flexibility index (Phi) is 14.7. The monoisotopic (exact) mass is 811 g/mol. The minimum Gasteiger partial charge on any atom is -0.507 e. The van der Waals surface area contributed by atoms with Gasteiger partial charge in [0, 0.05) is 23.2 Å². The van der Waals surface area contributed by atoms with Crippen molar-refractivity contribution in [1.29, 1.82) is 0 Å². The van der Waals surface area contributed by atoms with Crippen molar-refractivity contribution in [2.75, 3.05) is 11.9 Å². The van der Waals surface area contributed by atoms with E-state index in [-0.39, 0.29) is 47.8 Å². The summed E-state index contributed by atoms with van der Waals surface area (Å²) in [7, 11) is 0. The first-order chi connectivity index (χ1) is 27.3. The van der Waals surface area contributed by atoms with Crippen molar-refractivity contribution in [3.63, 3.8) is 0 Å². The molecule has 1 aromatic heterocycles. The van der Waals surface area contributed by atoms with Gasteiger partial charge in [0.2, 0.25) is 23.6 Å². The number of H-pyrrole nitrogens is 1. The molecule has 58 heavy (non-hydrogen) atoms. The summed E-state index contributed by atoms with van der Waals surface area (Å²) in [6, 6.07) is 11.4. The van der Waals surface area contributed by atoms with Gasteiger partial charge in [0.1, 0.15) is 28.7 Å². The van der Waals surface area contributed by atoms with Crippen molar-refractivity contribution in [1.82, 2.24) is 20.9 Å². The Hall–Kier alpha value is -5.93. The first-order valence-corrected chi connectivity index (χ1v) is 19.0. The zero-order chi connectivity index (χ0) is 42.9. The normalized spacial score (nSPS) is 16.0. The van der Waals surface area contributed by atoms with Gasteiger partial charge in [0.25, 0.3) is 0 Å². The van der Waals surface area contributed by atoms with E-state index in [1.807, 2.05) is 0 Å². The predicted octanol–water partition coefficient (Wildman–Crippen LogP) is 6.65. The van der Waals surface area contributed by atoms with Gasteiger partial charge >= 0.3 is 12.1 Å². The molecule has 0 bridgehead atoms. The van der Waals surface area contributed by atoms with Crippen molar-refractivity contribution in [3.05, 3.63) is 94.4 Å². The fourth-order valence-electron chi connectivity index (χ4n) is 6.42. The number of anilines is 1. The third-order valence-electron chi connectivity index (χ3n) is 10.3. The molecule has 0 fully saturated rings. The lowest BCUT2D eigenvalue weighted by Gasteiger charge is -2.38. The summed E-state index contributed by atoms with van der Waals surface area (Å²) in [6.45, 7) is 9.46. The molecule has 16 heteroatoms. The average Bonchev–Trinajstić information content (AvgIpc) is 3.54. The molecular formula is C42H49F4N5O7. The van der Waals surface area contributed by atoms with Gasteiger partial charge in [-0.3, -0.25) is 19.2 Å². The third kappa shape index (κ3) is 10.9. The van der Waals surface area contributed by atoms with Crippen LogP contribution in [0.3, 0.4) is 0 Å². The molecule has 4 amide bonds. The molecule has 5 rings (SSSR count). The Balaban J connectivity index is 0.00000140. The van der Waals surface area contributed by atoms with E-state index in [0.717, 1.165) is 24.1 Å². The molecular weight excluding hydrogens is 762 g/mol. The van der Waals surface area contributed by atoms with Gasteiger partial charge < -0.3 is 36.5 Å². The van der Waals surface area contributed by atoms with E-state index in [1.54, 1.807) is 19.9 Å². The standard InChI is InChI=1S/C37H37F4N5O7.C5H12/c1-3-19(2)31(33(50)43-21-11-12-28(47)23(16-21)34(51)52)45-35(53)36(46-30(49)18-42-29(48)15-20-7-4-5-10-26(20)38)14-13-27-24(17-36)22-8-6-9-25(32(22)44-27)37(39,40)41;1-4-5(2)3/h4-12,16,19,31,44,47H,3,13-15,17-18H2,1-2H3,(H,42,48)(H,43,50)(H,45,53)(H,46,49)(H,51,52);5H,4H2,1-3H3/t19?,31-,36+;/m0./s1. The quantitative estimate of drug-likeness (QED) is 0.0581. The number of phenols is 1. The van der Waals surface area contributed by atoms with Gasteiger partial charge in [-0.2, -0.15) is 13.2 Å². The number of aryl methyl sites for hydroxylation is 1. The Morgan fingerprint density at radius 1 is 0.931 bits per heavy atom. The number of carboxylic acid groups (broad SMARTS) is 1. The van der Waals surface area contributed by atoms with E-state index in [1.165, 1.54) is 42.8 Å². The Bertz CT molecular complexity index is 2150. The minimum absolute atomic E-state index is 0.0171. The van der Waals surface area contributed by atoms with Crippen LogP contribution in [-0.4, -0.2) is 62.9 Å². The van der Waals surface area contributed by atoms with E-state index in [2.05, 4.69) is 47.0 Å². The molecule has 1 heterocycles. The second kappa shape index (κ2) is 19.0. The number of alkyl halides is 3. The van der Waals surface area contributed by atoms with Crippen LogP contribution in [0.15, 0.2) is 60.7 Å². The molecule has 312 valence electrons. The van der Waals surface area contributed by atoms with Crippen LogP contribution in [0.2, 0.25) is 0 Å². The zero-order valence-corrected chi connectivity index (χ0v) is 32.9. The van der Waals surface area contributed by atoms with E-state index in [0.29, 0.717) is 17.7 Å². The fourth-order valence-corrected chi connectivity index (χ4v) is 6.42. The van der Waals surface area contributed by atoms with Crippen molar-refractivity contribution in [2.24, 2.45) is 11.8 Å². The number of para-hydroxylation sites is 1. The summed E-state index contributed by atoms with van der Waals surface area (Å²) in [4.78, 5) is 68.4. The van der Waals surface area contributed by atoms with E-state index in [4.69, 9.17) is 0 Å². The highest BCUT2D eigenvalue weighted by atomic mass is 19.4. The Morgan fingerprint density at radius 3 is 2.24 bits per heavy atom. The smallest absolute Gasteiger partial charge is 0.418 e. The molecule has 3 aromatic carbocycles. The number of carbonyl (C=O) groups is 5. The number of amides is 4. The van der Waals surface area contributed by atoms with Crippen molar-refractivity contribution >= 4 is 46.2 Å². The zero-order valence-electron chi connectivity index (χ0n) is 32.9. The second-order valence-corrected chi connectivity index (χ2v) is 14.8. The fraction of sp³-hybridized carbons (Fsp3) is 0.405. The lowest BCUT2D eigenvalue weighted by atomic mass is 9.78. The molecule has 0 spiro atoms. The van der Waals surface area contributed by atoms with Crippen LogP contribution in [0.4, 0.5) is 23.2 Å². The first kappa shape index (κ1) is 44.8. The highest BCUT2D eigenvalue weighted by molar-refractivity contribution is 6.02. The Labute approximate surface area is 333 Å². The lowest BCUT2D eigenvalue weighted by molar-refractivity contribution is -0.136. The molecule has 1 aliphatic carbocycles. The number of nitrogens with one attached hydrogen (secondary N) is 5. The number of carboxylic acids is 1. The number of hydrogen-bond acceptors (Lipinski definition) is 6. The number of hydrogen-bond donors (Lipinski definition) is 7. The summed E-state index contributed by atoms with van der Waals surface area (Å²) < 4.78 is 55.9. The maximum atomic E-state index is 14.4. The van der Waals surface area contributed by atoms with Gasteiger partial charge in [-0.25, -0.2) is 9.18 Å². The van der Waals surface area contributed by atoms with Crippen molar-refractivity contribution in [3.8, 4) is 5.75 Å². The number of rotatable bonds is 13. The predicted molar refractivity (Wildman–Crippen MR) is 210 cm³/mol. The number of fused-ring (bicyclic) bond motifs is 3. The van der Waals surface area contributed by atoms with Crippen LogP contribution in [0.5, 0.6) is 5.75 Å². The van der Waals surface area contributed by atoms with Gasteiger partial charge in [-0.05, 0) is 66.1 Å². The van der Waals surface area contributed by atoms with Gasteiger partial charge in [0.15, 0.2) is 0 Å². The lowest BCUT2D eigenvalue weighted by Crippen LogP contribution is -2.65. The Morgan fingerprint density at radius 2 is 1.62 bits per heavy atom. The number of aromatic carboxylic acids is 1. The van der Waals surface area contributed by atoms with Crippen LogP contribution < -0.4 is 21.3 Å². The number of carbonyl (C=O) groups excluding carboxylic acids is 4. The highest BCUT2D eigenvalue weighted by Gasteiger charge is 2.46. The SMILES string of the molecule is CCC(C)C.CCC(C)[C@H](NC(=O)[C@@]1(NC(=O)CNC(=O)Cc2ccccc2F)CCc2[nH]c3c(C(F)(F)F)cccc3c2C1)C(=O)Nc1ccc(O)c(C(=O)O)c1. The van der Waals surface area contributed by atoms with Gasteiger partial charge in [-0.15, -0.1) is 0 Å².